The summed E-state index contributed by atoms with van der Waals surface area (Å²) >= 11 is 3.57. The van der Waals surface area contributed by atoms with Gasteiger partial charge in [-0.3, -0.25) is 4.90 Å². The second kappa shape index (κ2) is 12.0. The van der Waals surface area contributed by atoms with Gasteiger partial charge in [-0.2, -0.15) is 0 Å². The van der Waals surface area contributed by atoms with Gasteiger partial charge >= 0.3 is 0 Å². The van der Waals surface area contributed by atoms with Crippen LogP contribution in [0.5, 0.6) is 0 Å². The third-order valence-electron chi connectivity index (χ3n) is 4.51. The molecule has 1 unspecified atom stereocenters. The largest absolute Gasteiger partial charge is 0.357 e. The minimum atomic E-state index is 0. The van der Waals surface area contributed by atoms with Crippen molar-refractivity contribution in [1.82, 2.24) is 20.5 Å². The van der Waals surface area contributed by atoms with Crippen LogP contribution in [-0.4, -0.2) is 42.0 Å². The van der Waals surface area contributed by atoms with E-state index in [2.05, 4.69) is 51.9 Å². The second-order valence-corrected chi connectivity index (χ2v) is 9.12. The molecular formula is C19H30IN5S2. The normalized spacial score (nSPS) is 18.1. The number of thiazole rings is 1. The zero-order valence-corrected chi connectivity index (χ0v) is 20.1. The molecule has 2 aromatic rings. The van der Waals surface area contributed by atoms with Crippen LogP contribution in [0.15, 0.2) is 28.7 Å². The number of hydrogen-bond acceptors (Lipinski definition) is 5. The Bertz CT molecular complexity index is 686. The molecule has 0 radical (unpaired) electrons. The molecule has 0 spiro atoms. The summed E-state index contributed by atoms with van der Waals surface area (Å²) in [6, 6.07) is 4.38. The molecule has 150 valence electrons. The van der Waals surface area contributed by atoms with E-state index in [9.17, 15) is 0 Å². The Balaban J connectivity index is 0.00000261. The first-order chi connectivity index (χ1) is 12.7. The molecule has 0 aliphatic carbocycles. The lowest BCUT2D eigenvalue weighted by atomic mass is 9.98. The van der Waals surface area contributed by atoms with E-state index in [0.29, 0.717) is 12.5 Å². The average Bonchev–Trinajstić information content (AvgIpc) is 3.29. The van der Waals surface area contributed by atoms with Crippen molar-refractivity contribution in [1.29, 1.82) is 0 Å². The molecule has 1 aliphatic heterocycles. The van der Waals surface area contributed by atoms with Crippen molar-refractivity contribution in [3.63, 3.8) is 0 Å². The molecule has 1 saturated heterocycles. The van der Waals surface area contributed by atoms with Crippen molar-refractivity contribution in [2.75, 3.05) is 26.2 Å². The Kier molecular flexibility index (Phi) is 10.0. The topological polar surface area (TPSA) is 52.6 Å². The Labute approximate surface area is 187 Å². The molecule has 0 saturated carbocycles. The first kappa shape index (κ1) is 22.6. The highest BCUT2D eigenvalue weighted by Crippen LogP contribution is 2.20. The fourth-order valence-electron chi connectivity index (χ4n) is 3.29. The van der Waals surface area contributed by atoms with Crippen molar-refractivity contribution < 1.29 is 0 Å². The van der Waals surface area contributed by atoms with Gasteiger partial charge in [0.25, 0.3) is 0 Å². The highest BCUT2D eigenvalue weighted by Gasteiger charge is 2.20. The number of hydrogen-bond donors (Lipinski definition) is 2. The molecule has 1 fully saturated rings. The molecule has 3 heterocycles. The lowest BCUT2D eigenvalue weighted by Gasteiger charge is -2.32. The van der Waals surface area contributed by atoms with E-state index >= 15 is 0 Å². The Hall–Kier alpha value is -0.710. The molecule has 8 heteroatoms. The first-order valence-corrected chi connectivity index (χ1v) is 11.1. The van der Waals surface area contributed by atoms with Crippen molar-refractivity contribution in [2.45, 2.75) is 39.8 Å². The maximum Gasteiger partial charge on any atom is 0.191 e. The average molecular weight is 520 g/mol. The minimum Gasteiger partial charge on any atom is -0.357 e. The van der Waals surface area contributed by atoms with Gasteiger partial charge in [0.05, 0.1) is 6.54 Å². The second-order valence-electron chi connectivity index (χ2n) is 6.76. The quantitative estimate of drug-likeness (QED) is 0.329. The molecule has 0 amide bonds. The number of thiophene rings is 1. The van der Waals surface area contributed by atoms with Crippen LogP contribution in [0.1, 0.15) is 34.5 Å². The molecule has 1 aliphatic rings. The van der Waals surface area contributed by atoms with Crippen molar-refractivity contribution in [2.24, 2.45) is 10.9 Å². The zero-order valence-electron chi connectivity index (χ0n) is 16.1. The van der Waals surface area contributed by atoms with Crippen LogP contribution in [0.2, 0.25) is 0 Å². The van der Waals surface area contributed by atoms with Crippen molar-refractivity contribution in [3.05, 3.63) is 38.5 Å². The van der Waals surface area contributed by atoms with Crippen molar-refractivity contribution >= 4 is 52.6 Å². The maximum absolute atomic E-state index is 4.69. The van der Waals surface area contributed by atoms with Crippen LogP contribution in [0.3, 0.4) is 0 Å². The van der Waals surface area contributed by atoms with Crippen LogP contribution in [-0.2, 0) is 13.1 Å². The molecule has 0 aromatic carbocycles. The molecule has 0 bridgehead atoms. The van der Waals surface area contributed by atoms with Gasteiger partial charge in [0.2, 0.25) is 0 Å². The van der Waals surface area contributed by atoms with E-state index in [1.807, 2.05) is 17.5 Å². The molecule has 3 rings (SSSR count). The summed E-state index contributed by atoms with van der Waals surface area (Å²) in [5, 5.41) is 10.1. The van der Waals surface area contributed by atoms with Gasteiger partial charge in [-0.1, -0.05) is 6.07 Å². The highest BCUT2D eigenvalue weighted by molar-refractivity contribution is 14.0. The van der Waals surface area contributed by atoms with Crippen LogP contribution in [0.4, 0.5) is 0 Å². The smallest absolute Gasteiger partial charge is 0.191 e. The number of nitrogens with zero attached hydrogens (tertiary/aromatic N) is 3. The van der Waals surface area contributed by atoms with Crippen LogP contribution >= 0.6 is 46.7 Å². The molecule has 1 atom stereocenters. The van der Waals surface area contributed by atoms with Crippen LogP contribution < -0.4 is 10.6 Å². The number of aromatic nitrogens is 1. The van der Waals surface area contributed by atoms with E-state index in [1.165, 1.54) is 29.1 Å². The lowest BCUT2D eigenvalue weighted by molar-refractivity contribution is 0.169. The summed E-state index contributed by atoms with van der Waals surface area (Å²) in [4.78, 5) is 14.4. The van der Waals surface area contributed by atoms with Gasteiger partial charge in [-0.25, -0.2) is 9.98 Å². The van der Waals surface area contributed by atoms with E-state index in [4.69, 9.17) is 4.99 Å². The van der Waals surface area contributed by atoms with Gasteiger partial charge in [-0.15, -0.1) is 46.7 Å². The number of nitrogens with one attached hydrogen (secondary N) is 2. The summed E-state index contributed by atoms with van der Waals surface area (Å²) in [6.07, 6.45) is 4.49. The fraction of sp³-hybridized carbons (Fsp3) is 0.579. The molecule has 5 nitrogen and oxygen atoms in total. The number of guanidine groups is 1. The van der Waals surface area contributed by atoms with Gasteiger partial charge in [0, 0.05) is 42.1 Å². The maximum atomic E-state index is 4.69. The number of halogens is 1. The van der Waals surface area contributed by atoms with E-state index < -0.39 is 0 Å². The Morgan fingerprint density at radius 3 is 3.00 bits per heavy atom. The third kappa shape index (κ3) is 7.67. The highest BCUT2D eigenvalue weighted by atomic mass is 127. The summed E-state index contributed by atoms with van der Waals surface area (Å²) < 4.78 is 0. The fourth-order valence-corrected chi connectivity index (χ4v) is 4.75. The predicted octanol–water partition coefficient (Wildman–Crippen LogP) is 4.10. The van der Waals surface area contributed by atoms with E-state index in [0.717, 1.165) is 37.1 Å². The lowest BCUT2D eigenvalue weighted by Crippen LogP contribution is -2.44. The number of rotatable bonds is 7. The van der Waals surface area contributed by atoms with Gasteiger partial charge in [0.1, 0.15) is 5.01 Å². The summed E-state index contributed by atoms with van der Waals surface area (Å²) in [6.45, 7) is 10.1. The minimum absolute atomic E-state index is 0. The first-order valence-electron chi connectivity index (χ1n) is 9.41. The molecule has 2 N–H and O–H groups in total. The van der Waals surface area contributed by atoms with Crippen molar-refractivity contribution in [3.8, 4) is 0 Å². The predicted molar refractivity (Wildman–Crippen MR) is 127 cm³/mol. The van der Waals surface area contributed by atoms with Crippen LogP contribution in [0, 0.1) is 12.8 Å². The summed E-state index contributed by atoms with van der Waals surface area (Å²) in [7, 11) is 0. The number of piperidine rings is 1. The zero-order chi connectivity index (χ0) is 18.2. The van der Waals surface area contributed by atoms with Gasteiger partial charge in [0.15, 0.2) is 5.96 Å². The number of likely N-dealkylation sites (tertiary alicyclic amines) is 1. The molecular weight excluding hydrogens is 489 g/mol. The summed E-state index contributed by atoms with van der Waals surface area (Å²) in [5.41, 5.74) is 0. The van der Waals surface area contributed by atoms with E-state index in [1.54, 1.807) is 11.3 Å². The number of aliphatic imine (C=N–C) groups is 1. The van der Waals surface area contributed by atoms with Crippen LogP contribution in [0.25, 0.3) is 0 Å². The monoisotopic (exact) mass is 519 g/mol. The SMILES string of the molecule is CCNC(=NCc1ncc(C)s1)NCC1CCCN(Cc2cccs2)C1.I. The molecule has 27 heavy (non-hydrogen) atoms. The molecule has 2 aromatic heterocycles. The van der Waals surface area contributed by atoms with Gasteiger partial charge in [-0.05, 0) is 50.6 Å². The van der Waals surface area contributed by atoms with Gasteiger partial charge < -0.3 is 10.6 Å². The Morgan fingerprint density at radius 2 is 2.30 bits per heavy atom. The standard InChI is InChI=1S/C19H29N5S2.HI/c1-3-20-19(23-12-18-21-10-15(2)26-18)22-11-16-6-4-8-24(13-16)14-17-7-5-9-25-17;/h5,7,9-10,16H,3-4,6,8,11-14H2,1-2H3,(H2,20,22,23);1H. The summed E-state index contributed by atoms with van der Waals surface area (Å²) in [5.74, 6) is 1.57. The van der Waals surface area contributed by atoms with E-state index in [-0.39, 0.29) is 24.0 Å². The Morgan fingerprint density at radius 1 is 1.41 bits per heavy atom. The third-order valence-corrected chi connectivity index (χ3v) is 6.27. The number of aryl methyl sites for hydroxylation is 1.